The quantitative estimate of drug-likeness (QED) is 0.819. The van der Waals surface area contributed by atoms with Crippen molar-refractivity contribution in [3.8, 4) is 0 Å². The molecule has 0 aliphatic carbocycles. The van der Waals surface area contributed by atoms with Crippen molar-refractivity contribution < 1.29 is 22.8 Å². The highest BCUT2D eigenvalue weighted by molar-refractivity contribution is 7.90. The van der Waals surface area contributed by atoms with E-state index in [0.717, 1.165) is 13.0 Å². The molecule has 3 nitrogen and oxygen atoms in total. The molecule has 1 aromatic carbocycles. The molecule has 0 aromatic heterocycles. The van der Waals surface area contributed by atoms with E-state index < -0.39 is 40.0 Å². The van der Waals surface area contributed by atoms with Crippen LogP contribution < -0.4 is 4.72 Å². The first-order valence-electron chi connectivity index (χ1n) is 6.39. The number of aliphatic hydroxyl groups is 1. The highest BCUT2D eigenvalue weighted by Crippen LogP contribution is 2.40. The molecule has 0 bridgehead atoms. The zero-order valence-corrected chi connectivity index (χ0v) is 13.2. The van der Waals surface area contributed by atoms with E-state index in [1.54, 1.807) is 20.8 Å². The maximum atomic E-state index is 14.2. The third kappa shape index (κ3) is 3.71. The molecule has 0 amide bonds. The van der Waals surface area contributed by atoms with Crippen LogP contribution >= 0.6 is 0 Å². The van der Waals surface area contributed by atoms with Gasteiger partial charge in [-0.3, -0.25) is 0 Å². The van der Waals surface area contributed by atoms with E-state index in [2.05, 4.69) is 4.72 Å². The minimum atomic E-state index is -3.70. The molecule has 1 rings (SSSR count). The first-order chi connectivity index (χ1) is 9.45. The molecule has 7 heteroatoms. The van der Waals surface area contributed by atoms with Crippen LogP contribution in [0.2, 0.25) is 0 Å². The van der Waals surface area contributed by atoms with Gasteiger partial charge in [-0.25, -0.2) is 13.2 Å². The predicted octanol–water partition coefficient (Wildman–Crippen LogP) is 2.72. The molecular formula is C14H20F3NO2S. The zero-order chi connectivity index (χ0) is 16.5. The molecular weight excluding hydrogens is 303 g/mol. The Morgan fingerprint density at radius 1 is 1.19 bits per heavy atom. The number of benzene rings is 1. The van der Waals surface area contributed by atoms with Crippen molar-refractivity contribution in [2.75, 3.05) is 6.61 Å². The fourth-order valence-corrected chi connectivity index (χ4v) is 2.63. The van der Waals surface area contributed by atoms with Gasteiger partial charge in [0, 0.05) is 16.9 Å². The lowest BCUT2D eigenvalue weighted by Gasteiger charge is -2.39. The third-order valence-electron chi connectivity index (χ3n) is 3.20. The lowest BCUT2D eigenvalue weighted by atomic mass is 9.86. The fourth-order valence-electron chi connectivity index (χ4n) is 1.69. The second-order valence-corrected chi connectivity index (χ2v) is 7.92. The van der Waals surface area contributed by atoms with E-state index in [1.165, 1.54) is 18.2 Å². The Bertz CT molecular complexity index is 493. The van der Waals surface area contributed by atoms with Gasteiger partial charge in [0.05, 0.1) is 0 Å². The normalized spacial score (nSPS) is 17.4. The van der Waals surface area contributed by atoms with Crippen LogP contribution in [0.1, 0.15) is 33.3 Å². The molecule has 0 spiro atoms. The van der Waals surface area contributed by atoms with E-state index in [4.69, 9.17) is 5.11 Å². The molecule has 120 valence electrons. The summed E-state index contributed by atoms with van der Waals surface area (Å²) in [5.41, 5.74) is -2.65. The molecule has 0 unspecified atom stereocenters. The SMILES string of the molecule is CC(C)(C)[S@+]([O-])N[C@](C)(c1ccccc1F)C(F)(F)CO. The summed E-state index contributed by atoms with van der Waals surface area (Å²) in [6.07, 6.45) is 0. The van der Waals surface area contributed by atoms with Gasteiger partial charge in [-0.15, -0.1) is 4.72 Å². The molecule has 0 aliphatic heterocycles. The van der Waals surface area contributed by atoms with Crippen LogP contribution in [0.25, 0.3) is 0 Å². The Morgan fingerprint density at radius 3 is 2.14 bits per heavy atom. The Hall–Kier alpha value is -0.760. The Balaban J connectivity index is 3.35. The minimum Gasteiger partial charge on any atom is -0.598 e. The number of halogens is 3. The summed E-state index contributed by atoms with van der Waals surface area (Å²) in [7, 11) is 0. The van der Waals surface area contributed by atoms with Crippen molar-refractivity contribution in [3.05, 3.63) is 35.6 Å². The number of rotatable bonds is 5. The second kappa shape index (κ2) is 6.16. The molecule has 0 radical (unpaired) electrons. The summed E-state index contributed by atoms with van der Waals surface area (Å²) >= 11 is -1.87. The summed E-state index contributed by atoms with van der Waals surface area (Å²) in [4.78, 5) is 0. The van der Waals surface area contributed by atoms with Gasteiger partial charge in [0.25, 0.3) is 5.92 Å². The maximum absolute atomic E-state index is 14.2. The molecule has 21 heavy (non-hydrogen) atoms. The highest BCUT2D eigenvalue weighted by atomic mass is 32.2. The maximum Gasteiger partial charge on any atom is 0.296 e. The van der Waals surface area contributed by atoms with Crippen molar-refractivity contribution in [1.82, 2.24) is 4.72 Å². The molecule has 0 aliphatic rings. The topological polar surface area (TPSA) is 55.3 Å². The average molecular weight is 323 g/mol. The monoisotopic (exact) mass is 323 g/mol. The summed E-state index contributed by atoms with van der Waals surface area (Å²) in [5, 5.41) is 8.99. The number of hydrogen-bond acceptors (Lipinski definition) is 3. The molecule has 2 N–H and O–H groups in total. The number of nitrogens with one attached hydrogen (secondary N) is 1. The first-order valence-corrected chi connectivity index (χ1v) is 7.54. The van der Waals surface area contributed by atoms with E-state index in [-0.39, 0.29) is 5.56 Å². The smallest absolute Gasteiger partial charge is 0.296 e. The van der Waals surface area contributed by atoms with Crippen molar-refractivity contribution >= 4 is 11.4 Å². The highest BCUT2D eigenvalue weighted by Gasteiger charge is 2.56. The largest absolute Gasteiger partial charge is 0.598 e. The average Bonchev–Trinajstić information content (AvgIpc) is 2.37. The van der Waals surface area contributed by atoms with Crippen molar-refractivity contribution in [1.29, 1.82) is 0 Å². The van der Waals surface area contributed by atoms with Gasteiger partial charge in [-0.1, -0.05) is 18.2 Å². The fraction of sp³-hybridized carbons (Fsp3) is 0.571. The molecule has 0 saturated carbocycles. The molecule has 0 heterocycles. The summed E-state index contributed by atoms with van der Waals surface area (Å²) in [6, 6.07) is 5.01. The molecule has 2 atom stereocenters. The standard InChI is InChI=1S/C14H20F3NO2S/c1-12(2,3)21(20)18-13(4,14(16,17)9-19)10-7-5-6-8-11(10)15/h5-8,18-19H,9H2,1-4H3/t13-,21+/m1/s1. The zero-order valence-electron chi connectivity index (χ0n) is 12.4. The Kier molecular flexibility index (Phi) is 5.36. The number of hydrogen-bond donors (Lipinski definition) is 2. The van der Waals surface area contributed by atoms with Gasteiger partial charge < -0.3 is 9.66 Å². The van der Waals surface area contributed by atoms with Crippen LogP contribution in [0.4, 0.5) is 13.2 Å². The van der Waals surface area contributed by atoms with Crippen LogP contribution in [0, 0.1) is 5.82 Å². The van der Waals surface area contributed by atoms with Crippen LogP contribution in [0.3, 0.4) is 0 Å². The van der Waals surface area contributed by atoms with E-state index >= 15 is 0 Å². The van der Waals surface area contributed by atoms with Gasteiger partial charge >= 0.3 is 0 Å². The van der Waals surface area contributed by atoms with Gasteiger partial charge in [0.2, 0.25) is 0 Å². The minimum absolute atomic E-state index is 0.346. The van der Waals surface area contributed by atoms with Gasteiger partial charge in [0.1, 0.15) is 17.2 Å². The Labute approximate surface area is 125 Å². The molecule has 0 saturated heterocycles. The summed E-state index contributed by atoms with van der Waals surface area (Å²) in [5.74, 6) is -4.55. The third-order valence-corrected chi connectivity index (χ3v) is 4.90. The second-order valence-electron chi connectivity index (χ2n) is 5.95. The van der Waals surface area contributed by atoms with Gasteiger partial charge in [-0.2, -0.15) is 0 Å². The van der Waals surface area contributed by atoms with E-state index in [9.17, 15) is 17.7 Å². The lowest BCUT2D eigenvalue weighted by molar-refractivity contribution is -0.115. The van der Waals surface area contributed by atoms with E-state index in [0.29, 0.717) is 0 Å². The first kappa shape index (κ1) is 18.3. The van der Waals surface area contributed by atoms with Crippen molar-refractivity contribution in [2.24, 2.45) is 0 Å². The number of aliphatic hydroxyl groups excluding tert-OH is 1. The van der Waals surface area contributed by atoms with Gasteiger partial charge in [0.15, 0.2) is 5.54 Å². The summed E-state index contributed by atoms with van der Waals surface area (Å²) in [6.45, 7) is 4.36. The lowest BCUT2D eigenvalue weighted by Crippen LogP contribution is -2.60. The van der Waals surface area contributed by atoms with Crippen molar-refractivity contribution in [3.63, 3.8) is 0 Å². The Morgan fingerprint density at radius 2 is 1.71 bits per heavy atom. The number of alkyl halides is 2. The summed E-state index contributed by atoms with van der Waals surface area (Å²) < 4.78 is 56.0. The van der Waals surface area contributed by atoms with Crippen LogP contribution in [-0.4, -0.2) is 26.9 Å². The molecule has 1 aromatic rings. The predicted molar refractivity (Wildman–Crippen MR) is 76.8 cm³/mol. The van der Waals surface area contributed by atoms with E-state index in [1.807, 2.05) is 0 Å². The van der Waals surface area contributed by atoms with Crippen LogP contribution in [0.15, 0.2) is 24.3 Å². The van der Waals surface area contributed by atoms with Crippen LogP contribution in [0.5, 0.6) is 0 Å². The van der Waals surface area contributed by atoms with Crippen molar-refractivity contribution in [2.45, 2.75) is 43.9 Å². The molecule has 0 fully saturated rings. The van der Waals surface area contributed by atoms with Gasteiger partial charge in [-0.05, 0) is 33.8 Å². The van der Waals surface area contributed by atoms with Crippen LogP contribution in [-0.2, 0) is 16.9 Å².